The minimum absolute atomic E-state index is 0.0348. The van der Waals surface area contributed by atoms with E-state index in [2.05, 4.69) is 4.90 Å². The van der Waals surface area contributed by atoms with Crippen LogP contribution in [-0.2, 0) is 16.1 Å². The lowest BCUT2D eigenvalue weighted by Crippen LogP contribution is -2.49. The van der Waals surface area contributed by atoms with Crippen LogP contribution in [0.3, 0.4) is 0 Å². The zero-order valence-corrected chi connectivity index (χ0v) is 20.9. The average Bonchev–Trinajstić information content (AvgIpc) is 3.40. The van der Waals surface area contributed by atoms with Gasteiger partial charge < -0.3 is 9.64 Å². The van der Waals surface area contributed by atoms with Gasteiger partial charge in [0, 0.05) is 18.7 Å². The minimum atomic E-state index is -0.0348. The lowest BCUT2D eigenvalue weighted by molar-refractivity contribution is -0.135. The molecule has 2 heterocycles. The van der Waals surface area contributed by atoms with Crippen molar-refractivity contribution in [3.8, 4) is 0 Å². The first-order chi connectivity index (χ1) is 16.7. The van der Waals surface area contributed by atoms with Crippen LogP contribution in [0.1, 0.15) is 77.0 Å². The van der Waals surface area contributed by atoms with Gasteiger partial charge in [0.25, 0.3) is 5.56 Å². The highest BCUT2D eigenvalue weighted by Gasteiger charge is 2.32. The maximum Gasteiger partial charge on any atom is 0.262 e. The first kappa shape index (κ1) is 23.9. The van der Waals surface area contributed by atoms with E-state index in [1.54, 1.807) is 4.57 Å². The topological polar surface area (TPSA) is 64.4 Å². The van der Waals surface area contributed by atoms with Crippen molar-refractivity contribution >= 4 is 28.6 Å². The Balaban J connectivity index is 1.38. The van der Waals surface area contributed by atoms with Crippen LogP contribution < -0.4 is 5.56 Å². The van der Waals surface area contributed by atoms with Crippen LogP contribution in [0.15, 0.2) is 34.2 Å². The quantitative estimate of drug-likeness (QED) is 0.402. The fraction of sp³-hybridized carbons (Fsp3) is 0.667. The summed E-state index contributed by atoms with van der Waals surface area (Å²) in [6.45, 7) is 1.25. The third kappa shape index (κ3) is 5.35. The van der Waals surface area contributed by atoms with Crippen molar-refractivity contribution in [3.63, 3.8) is 0 Å². The number of hydrogen-bond donors (Lipinski definition) is 0. The highest BCUT2D eigenvalue weighted by Crippen LogP contribution is 2.31. The van der Waals surface area contributed by atoms with Crippen LogP contribution in [-0.4, -0.2) is 50.9 Å². The molecule has 184 valence electrons. The predicted molar refractivity (Wildman–Crippen MR) is 136 cm³/mol. The normalized spacial score (nSPS) is 22.3. The largest absolute Gasteiger partial charge is 0.376 e. The van der Waals surface area contributed by atoms with Crippen LogP contribution in [0.4, 0.5) is 0 Å². The molecule has 1 aliphatic heterocycles. The average molecular weight is 484 g/mol. The third-order valence-corrected chi connectivity index (χ3v) is 8.75. The van der Waals surface area contributed by atoms with Gasteiger partial charge in [-0.2, -0.15) is 0 Å². The number of para-hydroxylation sites is 1. The van der Waals surface area contributed by atoms with E-state index in [1.165, 1.54) is 50.3 Å². The lowest BCUT2D eigenvalue weighted by Gasteiger charge is -2.41. The van der Waals surface area contributed by atoms with Gasteiger partial charge in [0.1, 0.15) is 0 Å². The Morgan fingerprint density at radius 2 is 1.65 bits per heavy atom. The number of carbonyl (C=O) groups excluding carboxylic acids is 1. The Hall–Kier alpha value is -1.86. The molecule has 1 aromatic carbocycles. The van der Waals surface area contributed by atoms with Crippen molar-refractivity contribution in [2.75, 3.05) is 12.4 Å². The molecule has 5 rings (SSSR count). The van der Waals surface area contributed by atoms with E-state index in [1.807, 2.05) is 24.3 Å². The highest BCUT2D eigenvalue weighted by molar-refractivity contribution is 7.99. The van der Waals surface area contributed by atoms with E-state index < -0.39 is 0 Å². The van der Waals surface area contributed by atoms with Crippen LogP contribution in [0.2, 0.25) is 0 Å². The summed E-state index contributed by atoms with van der Waals surface area (Å²) in [4.78, 5) is 34.1. The molecule has 34 heavy (non-hydrogen) atoms. The molecule has 7 heteroatoms. The van der Waals surface area contributed by atoms with Gasteiger partial charge in [-0.05, 0) is 50.7 Å². The number of ether oxygens (including phenoxy) is 1. The molecule has 2 aliphatic carbocycles. The van der Waals surface area contributed by atoms with Gasteiger partial charge in [0.05, 0.1) is 29.3 Å². The second kappa shape index (κ2) is 11.3. The standard InChI is InChI=1S/C27H37N3O3S/c31-25(30(20-10-3-1-4-11-20)21-12-5-2-6-13-21)19-34-27-28-24-16-8-7-15-23(24)26(32)29(27)18-22-14-9-17-33-22/h7-8,15-16,20-22H,1-6,9-14,17-19H2/t22-/m0/s1. The molecule has 0 spiro atoms. The molecule has 1 atom stereocenters. The summed E-state index contributed by atoms with van der Waals surface area (Å²) in [6.07, 6.45) is 14.0. The molecule has 1 saturated heterocycles. The molecule has 1 amide bonds. The maximum absolute atomic E-state index is 13.7. The summed E-state index contributed by atoms with van der Waals surface area (Å²) in [7, 11) is 0. The fourth-order valence-electron chi connectivity index (χ4n) is 6.04. The Morgan fingerprint density at radius 1 is 0.971 bits per heavy atom. The van der Waals surface area contributed by atoms with Crippen molar-refractivity contribution in [1.82, 2.24) is 14.5 Å². The number of thioether (sulfide) groups is 1. The number of amides is 1. The van der Waals surface area contributed by atoms with Crippen molar-refractivity contribution in [3.05, 3.63) is 34.6 Å². The molecule has 2 saturated carbocycles. The van der Waals surface area contributed by atoms with Gasteiger partial charge in [-0.15, -0.1) is 0 Å². The smallest absolute Gasteiger partial charge is 0.262 e. The molecule has 0 N–H and O–H groups in total. The second-order valence-electron chi connectivity index (χ2n) is 10.1. The summed E-state index contributed by atoms with van der Waals surface area (Å²) in [5.74, 6) is 0.554. The van der Waals surface area contributed by atoms with Crippen molar-refractivity contribution in [2.24, 2.45) is 0 Å². The van der Waals surface area contributed by atoms with Gasteiger partial charge >= 0.3 is 0 Å². The van der Waals surface area contributed by atoms with Gasteiger partial charge in [-0.3, -0.25) is 14.2 Å². The third-order valence-electron chi connectivity index (χ3n) is 7.79. The van der Waals surface area contributed by atoms with Crippen LogP contribution >= 0.6 is 11.8 Å². The van der Waals surface area contributed by atoms with Crippen LogP contribution in [0.5, 0.6) is 0 Å². The molecular weight excluding hydrogens is 446 g/mol. The van der Waals surface area contributed by atoms with Crippen molar-refractivity contribution < 1.29 is 9.53 Å². The lowest BCUT2D eigenvalue weighted by atomic mass is 9.88. The SMILES string of the molecule is O=C(CSc1nc2ccccc2c(=O)n1C[C@@H]1CCCO1)N(C1CCCCC1)C1CCCCC1. The number of rotatable bonds is 7. The van der Waals surface area contributed by atoms with Gasteiger partial charge in [0.15, 0.2) is 5.16 Å². The molecule has 2 aromatic rings. The van der Waals surface area contributed by atoms with E-state index >= 15 is 0 Å². The minimum Gasteiger partial charge on any atom is -0.376 e. The molecule has 0 radical (unpaired) electrons. The predicted octanol–water partition coefficient (Wildman–Crippen LogP) is 5.16. The Morgan fingerprint density at radius 3 is 2.29 bits per heavy atom. The Kier molecular flexibility index (Phi) is 7.90. The number of nitrogens with zero attached hydrogens (tertiary/aromatic N) is 3. The number of fused-ring (bicyclic) bond motifs is 1. The molecule has 3 aliphatic rings. The van der Waals surface area contributed by atoms with E-state index in [9.17, 15) is 9.59 Å². The van der Waals surface area contributed by atoms with E-state index in [0.717, 1.165) is 45.1 Å². The second-order valence-corrected chi connectivity index (χ2v) is 11.1. The zero-order valence-electron chi connectivity index (χ0n) is 20.1. The van der Waals surface area contributed by atoms with Crippen LogP contribution in [0, 0.1) is 0 Å². The fourth-order valence-corrected chi connectivity index (χ4v) is 6.91. The number of hydrogen-bond acceptors (Lipinski definition) is 5. The zero-order chi connectivity index (χ0) is 23.3. The molecule has 3 fully saturated rings. The van der Waals surface area contributed by atoms with Gasteiger partial charge in [-0.1, -0.05) is 62.4 Å². The number of benzene rings is 1. The summed E-state index contributed by atoms with van der Waals surface area (Å²) in [6, 6.07) is 8.27. The molecule has 0 unspecified atom stereocenters. The molecule has 1 aromatic heterocycles. The van der Waals surface area contributed by atoms with Crippen molar-refractivity contribution in [2.45, 2.75) is 107 Å². The van der Waals surface area contributed by atoms with Crippen LogP contribution in [0.25, 0.3) is 10.9 Å². The van der Waals surface area contributed by atoms with E-state index in [4.69, 9.17) is 9.72 Å². The molecule has 6 nitrogen and oxygen atoms in total. The summed E-state index contributed by atoms with van der Waals surface area (Å²) in [5, 5.41) is 1.27. The summed E-state index contributed by atoms with van der Waals surface area (Å²) >= 11 is 1.43. The van der Waals surface area contributed by atoms with Gasteiger partial charge in [0.2, 0.25) is 5.91 Å². The highest BCUT2D eigenvalue weighted by atomic mass is 32.2. The first-order valence-corrected chi connectivity index (χ1v) is 14.2. The summed E-state index contributed by atoms with van der Waals surface area (Å²) in [5.41, 5.74) is 0.662. The first-order valence-electron chi connectivity index (χ1n) is 13.3. The van der Waals surface area contributed by atoms with Gasteiger partial charge in [-0.25, -0.2) is 4.98 Å². The monoisotopic (exact) mass is 483 g/mol. The number of carbonyl (C=O) groups is 1. The summed E-state index contributed by atoms with van der Waals surface area (Å²) < 4.78 is 7.58. The Bertz CT molecular complexity index is 1020. The Labute approximate surface area is 206 Å². The van der Waals surface area contributed by atoms with Crippen molar-refractivity contribution in [1.29, 1.82) is 0 Å². The maximum atomic E-state index is 13.7. The van der Waals surface area contributed by atoms with E-state index in [0.29, 0.717) is 40.4 Å². The molecule has 0 bridgehead atoms. The van der Waals surface area contributed by atoms with E-state index in [-0.39, 0.29) is 17.6 Å². The molecular formula is C27H37N3O3S. The number of aromatic nitrogens is 2.